The fraction of sp³-hybridized carbons (Fsp3) is 0.229. The Kier molecular flexibility index (Phi) is 11.0. The highest BCUT2D eigenvalue weighted by molar-refractivity contribution is 7.20. The van der Waals surface area contributed by atoms with E-state index in [2.05, 4.69) is 288 Å². The first-order valence-corrected chi connectivity index (χ1v) is 29.5. The van der Waals surface area contributed by atoms with Crippen LogP contribution < -0.4 is 51.8 Å². The van der Waals surface area contributed by atoms with Crippen LogP contribution in [0.25, 0.3) is 0 Å². The maximum absolute atomic E-state index is 2.83. The summed E-state index contributed by atoms with van der Waals surface area (Å²) in [7, 11) is -2.82. The van der Waals surface area contributed by atoms with Crippen molar-refractivity contribution in [1.82, 2.24) is 0 Å². The van der Waals surface area contributed by atoms with E-state index in [0.29, 0.717) is 0 Å². The fourth-order valence-corrected chi connectivity index (χ4v) is 19.0. The minimum Gasteiger partial charge on any atom is -0.334 e. The lowest BCUT2D eigenvalue weighted by atomic mass is 9.33. The molecule has 0 amide bonds. The SMILES string of the molecule is CC(C)(C)c1ccc(N2c3ccc(C(C)(C)C)cc3B3c4ccccc4N(c4ccccc4)c4cc(N5c6ccc([Si](c7ccccc7)(c7ccccc7)c7ccccc7)cc6C6(C)CCCCC56C)cc2c43)cc1. The zero-order chi connectivity index (χ0) is 51.5. The third kappa shape index (κ3) is 7.13. The molecule has 1 saturated carbocycles. The smallest absolute Gasteiger partial charge is 0.252 e. The van der Waals surface area contributed by atoms with Crippen molar-refractivity contribution >= 4 is 97.4 Å². The van der Waals surface area contributed by atoms with Gasteiger partial charge >= 0.3 is 0 Å². The number of benzene rings is 9. The molecule has 3 heterocycles. The van der Waals surface area contributed by atoms with Gasteiger partial charge < -0.3 is 14.7 Å². The Morgan fingerprint density at radius 1 is 0.400 bits per heavy atom. The topological polar surface area (TPSA) is 9.72 Å². The van der Waals surface area contributed by atoms with E-state index in [9.17, 15) is 0 Å². The van der Waals surface area contributed by atoms with Gasteiger partial charge in [0.05, 0.1) is 5.54 Å². The normalized spacial score (nSPS) is 18.7. The summed E-state index contributed by atoms with van der Waals surface area (Å²) >= 11 is 0. The lowest BCUT2D eigenvalue weighted by Gasteiger charge is -2.51. The Balaban J connectivity index is 1.11. The summed E-state index contributed by atoms with van der Waals surface area (Å²) < 4.78 is 0. The highest BCUT2D eigenvalue weighted by Gasteiger charge is 2.59. The number of nitrogens with zero attached hydrogens (tertiary/aromatic N) is 3. The molecule has 0 radical (unpaired) electrons. The molecule has 1 fully saturated rings. The molecule has 1 aliphatic carbocycles. The summed E-state index contributed by atoms with van der Waals surface area (Å²) in [6, 6.07) is 84.5. The van der Waals surface area contributed by atoms with Crippen LogP contribution in [0.5, 0.6) is 0 Å². The number of fused-ring (bicyclic) bond motifs is 7. The second-order valence-corrected chi connectivity index (χ2v) is 28.3. The van der Waals surface area contributed by atoms with Gasteiger partial charge in [-0.3, -0.25) is 0 Å². The van der Waals surface area contributed by atoms with Crippen molar-refractivity contribution in [3.05, 3.63) is 235 Å². The average molecular weight is 990 g/mol. The molecule has 0 aromatic heterocycles. The van der Waals surface area contributed by atoms with Gasteiger partial charge in [-0.15, -0.1) is 0 Å². The molecule has 4 aliphatic rings. The van der Waals surface area contributed by atoms with Crippen molar-refractivity contribution in [3.63, 3.8) is 0 Å². The summed E-state index contributed by atoms with van der Waals surface area (Å²) in [6.45, 7) is 19.2. The number of rotatable bonds is 7. The molecule has 9 aromatic rings. The van der Waals surface area contributed by atoms with Crippen molar-refractivity contribution in [3.8, 4) is 0 Å². The van der Waals surface area contributed by atoms with Crippen LogP contribution >= 0.6 is 0 Å². The minimum absolute atomic E-state index is 0.0258. The number of hydrogen-bond acceptors (Lipinski definition) is 3. The van der Waals surface area contributed by atoms with Crippen LogP contribution in [0.1, 0.15) is 97.8 Å². The summed E-state index contributed by atoms with van der Waals surface area (Å²) in [5.41, 5.74) is 17.8. The summed E-state index contributed by atoms with van der Waals surface area (Å²) in [4.78, 5) is 8.03. The van der Waals surface area contributed by atoms with Crippen molar-refractivity contribution < 1.29 is 0 Å². The lowest BCUT2D eigenvalue weighted by molar-refractivity contribution is 0.195. The van der Waals surface area contributed by atoms with Gasteiger partial charge in [-0.25, -0.2) is 0 Å². The number of para-hydroxylation sites is 2. The standard InChI is InChI=1S/C70H68BN3Si/c1-67(2,3)49-35-38-52(39-36-49)73-63-41-37-50(68(4,5)6)45-60(63)71-59-33-21-22-34-62(59)72(51-25-13-9-14-26-51)64-46-53(47-65(73)66(64)71)74-61-42-40-57(48-58(61)69(7)43-23-24-44-70(69,74)8)75(54-27-15-10-16-28-54,55-29-17-11-18-30-55)56-31-19-12-20-32-56/h9-22,25-42,45-48H,23-24,43-44H2,1-8H3. The molecule has 0 spiro atoms. The first-order chi connectivity index (χ1) is 36.2. The first-order valence-electron chi connectivity index (χ1n) is 27.5. The van der Waals surface area contributed by atoms with E-state index in [-0.39, 0.29) is 28.5 Å². The quantitative estimate of drug-likeness (QED) is 0.116. The van der Waals surface area contributed by atoms with Crippen LogP contribution in [0.2, 0.25) is 0 Å². The van der Waals surface area contributed by atoms with E-state index in [1.54, 1.807) is 0 Å². The Bertz CT molecular complexity index is 3520. The molecule has 75 heavy (non-hydrogen) atoms. The van der Waals surface area contributed by atoms with Crippen molar-refractivity contribution in [2.75, 3.05) is 14.7 Å². The average Bonchev–Trinajstić information content (AvgIpc) is 3.64. The molecule has 0 bridgehead atoms. The summed E-state index contributed by atoms with van der Waals surface area (Å²) in [5, 5.41) is 5.66. The Labute approximate surface area is 447 Å². The molecular formula is C70H68BN3Si. The zero-order valence-corrected chi connectivity index (χ0v) is 46.0. The van der Waals surface area contributed by atoms with E-state index in [0.717, 1.165) is 12.8 Å². The van der Waals surface area contributed by atoms with Gasteiger partial charge in [-0.2, -0.15) is 0 Å². The fourth-order valence-electron chi connectivity index (χ4n) is 14.2. The lowest BCUT2D eigenvalue weighted by Crippen LogP contribution is -2.74. The van der Waals surface area contributed by atoms with Gasteiger partial charge in [0.2, 0.25) is 0 Å². The second-order valence-electron chi connectivity index (χ2n) is 24.4. The van der Waals surface area contributed by atoms with Gasteiger partial charge in [-0.05, 0) is 139 Å². The maximum atomic E-state index is 2.83. The van der Waals surface area contributed by atoms with Crippen LogP contribution in [-0.4, -0.2) is 20.3 Å². The van der Waals surface area contributed by atoms with E-state index in [1.165, 1.54) is 112 Å². The molecule has 2 unspecified atom stereocenters. The predicted molar refractivity (Wildman–Crippen MR) is 324 cm³/mol. The molecule has 5 heteroatoms. The maximum Gasteiger partial charge on any atom is 0.252 e. The summed E-state index contributed by atoms with van der Waals surface area (Å²) in [6.07, 6.45) is 4.64. The van der Waals surface area contributed by atoms with Gasteiger partial charge in [0.25, 0.3) is 6.71 Å². The van der Waals surface area contributed by atoms with Gasteiger partial charge in [-0.1, -0.05) is 225 Å². The molecule has 3 aliphatic heterocycles. The number of anilines is 8. The first kappa shape index (κ1) is 47.4. The van der Waals surface area contributed by atoms with Crippen LogP contribution in [0.15, 0.2) is 218 Å². The van der Waals surface area contributed by atoms with Gasteiger partial charge in [0.1, 0.15) is 0 Å². The monoisotopic (exact) mass is 990 g/mol. The molecule has 2 atom stereocenters. The van der Waals surface area contributed by atoms with Crippen LogP contribution in [0.4, 0.5) is 45.5 Å². The largest absolute Gasteiger partial charge is 0.334 e. The molecule has 13 rings (SSSR count). The van der Waals surface area contributed by atoms with E-state index < -0.39 is 8.07 Å². The Morgan fingerprint density at radius 3 is 1.45 bits per heavy atom. The Hall–Kier alpha value is -7.34. The Morgan fingerprint density at radius 2 is 0.880 bits per heavy atom. The third-order valence-electron chi connectivity index (χ3n) is 18.2. The highest BCUT2D eigenvalue weighted by atomic mass is 28.3. The van der Waals surface area contributed by atoms with E-state index >= 15 is 0 Å². The van der Waals surface area contributed by atoms with Gasteiger partial charge in [0.15, 0.2) is 8.07 Å². The van der Waals surface area contributed by atoms with Crippen molar-refractivity contribution in [2.45, 2.75) is 103 Å². The zero-order valence-electron chi connectivity index (χ0n) is 45.0. The van der Waals surface area contributed by atoms with Crippen LogP contribution in [0.3, 0.4) is 0 Å². The molecule has 9 aromatic carbocycles. The predicted octanol–water partition coefficient (Wildman–Crippen LogP) is 13.5. The van der Waals surface area contributed by atoms with Gasteiger partial charge in [0, 0.05) is 50.9 Å². The third-order valence-corrected chi connectivity index (χ3v) is 23.0. The second kappa shape index (κ2) is 17.4. The molecule has 370 valence electrons. The van der Waals surface area contributed by atoms with E-state index in [1.807, 2.05) is 0 Å². The molecular weight excluding hydrogens is 922 g/mol. The van der Waals surface area contributed by atoms with Crippen molar-refractivity contribution in [2.24, 2.45) is 0 Å². The highest BCUT2D eigenvalue weighted by Crippen LogP contribution is 2.61. The van der Waals surface area contributed by atoms with Crippen LogP contribution in [0, 0.1) is 0 Å². The molecule has 0 saturated heterocycles. The minimum atomic E-state index is -2.82. The summed E-state index contributed by atoms with van der Waals surface area (Å²) in [5.74, 6) is 0. The molecule has 0 N–H and O–H groups in total. The van der Waals surface area contributed by atoms with Crippen LogP contribution in [-0.2, 0) is 16.2 Å². The number of hydrogen-bond donors (Lipinski definition) is 0. The van der Waals surface area contributed by atoms with E-state index in [4.69, 9.17) is 0 Å². The molecule has 3 nitrogen and oxygen atoms in total. The van der Waals surface area contributed by atoms with Crippen molar-refractivity contribution in [1.29, 1.82) is 0 Å².